The monoisotopic (exact) mass is 517 g/mol. The number of amides is 1. The lowest BCUT2D eigenvalue weighted by molar-refractivity contribution is 0.0947. The van der Waals surface area contributed by atoms with Gasteiger partial charge in [-0.25, -0.2) is 4.98 Å². The largest absolute Gasteiger partial charge is 0.467 e. The number of carbonyl (C=O) groups is 2. The molecule has 37 heavy (non-hydrogen) atoms. The van der Waals surface area contributed by atoms with Crippen LogP contribution in [-0.4, -0.2) is 27.0 Å². The number of ketones is 1. The molecule has 192 valence electrons. The molecule has 0 aliphatic rings. The summed E-state index contributed by atoms with van der Waals surface area (Å²) in [5.74, 6) is 0.905. The number of benzene rings is 2. The molecule has 7 nitrogen and oxygen atoms in total. The number of nitrogens with zero attached hydrogens (tertiary/aromatic N) is 2. The molecule has 2 heterocycles. The summed E-state index contributed by atoms with van der Waals surface area (Å²) >= 11 is 1.26. The minimum Gasteiger partial charge on any atom is -0.467 e. The van der Waals surface area contributed by atoms with Crippen LogP contribution in [0.2, 0.25) is 0 Å². The number of furan rings is 1. The van der Waals surface area contributed by atoms with Crippen molar-refractivity contribution in [3.8, 4) is 0 Å². The van der Waals surface area contributed by atoms with Crippen molar-refractivity contribution in [1.29, 1.82) is 0 Å². The van der Waals surface area contributed by atoms with E-state index in [0.717, 1.165) is 17.5 Å². The standard InChI is InChI=1S/C29H31N3O4S/c1-18(2)11-12-32-28(35)23-10-9-21(27(34)30-16-22-6-5-13-36-22)15-25(23)31-29(32)37-17-26(33)24-14-19(3)7-8-20(24)4/h5-10,13-15,18H,11-12,16-17H2,1-4H3,(H,30,34). The molecule has 0 unspecified atom stereocenters. The lowest BCUT2D eigenvalue weighted by Gasteiger charge is -2.15. The van der Waals surface area contributed by atoms with Crippen molar-refractivity contribution in [3.05, 3.63) is 93.2 Å². The molecule has 0 spiro atoms. The van der Waals surface area contributed by atoms with Crippen molar-refractivity contribution in [2.45, 2.75) is 52.4 Å². The zero-order valence-electron chi connectivity index (χ0n) is 21.5. The number of aromatic nitrogens is 2. The van der Waals surface area contributed by atoms with Gasteiger partial charge in [0.2, 0.25) is 0 Å². The molecule has 2 aromatic heterocycles. The van der Waals surface area contributed by atoms with E-state index in [1.807, 2.05) is 32.0 Å². The number of nitrogens with one attached hydrogen (secondary N) is 1. The Kier molecular flexibility index (Phi) is 8.28. The predicted molar refractivity (Wildman–Crippen MR) is 146 cm³/mol. The van der Waals surface area contributed by atoms with Crippen LogP contribution in [0.4, 0.5) is 0 Å². The van der Waals surface area contributed by atoms with Gasteiger partial charge in [0.25, 0.3) is 11.5 Å². The average molecular weight is 518 g/mol. The highest BCUT2D eigenvalue weighted by Crippen LogP contribution is 2.22. The van der Waals surface area contributed by atoms with Gasteiger partial charge in [-0.3, -0.25) is 19.0 Å². The Balaban J connectivity index is 1.63. The molecule has 1 amide bonds. The normalized spacial score (nSPS) is 11.3. The zero-order chi connectivity index (χ0) is 26.5. The minimum absolute atomic E-state index is 0.0120. The third-order valence-electron chi connectivity index (χ3n) is 6.14. The number of hydrogen-bond donors (Lipinski definition) is 1. The maximum atomic E-state index is 13.4. The fourth-order valence-electron chi connectivity index (χ4n) is 3.96. The van der Waals surface area contributed by atoms with Gasteiger partial charge < -0.3 is 9.73 Å². The van der Waals surface area contributed by atoms with Gasteiger partial charge in [-0.05, 0) is 68.1 Å². The van der Waals surface area contributed by atoms with Crippen LogP contribution < -0.4 is 10.9 Å². The first-order chi connectivity index (χ1) is 17.7. The highest BCUT2D eigenvalue weighted by Gasteiger charge is 2.17. The Morgan fingerprint density at radius 3 is 2.65 bits per heavy atom. The number of hydrogen-bond acceptors (Lipinski definition) is 6. The van der Waals surface area contributed by atoms with Crippen molar-refractivity contribution >= 4 is 34.4 Å². The van der Waals surface area contributed by atoms with E-state index in [9.17, 15) is 14.4 Å². The maximum Gasteiger partial charge on any atom is 0.262 e. The first kappa shape index (κ1) is 26.4. The van der Waals surface area contributed by atoms with E-state index in [0.29, 0.717) is 45.4 Å². The number of carbonyl (C=O) groups excluding carboxylic acids is 2. The molecule has 8 heteroatoms. The van der Waals surface area contributed by atoms with E-state index in [-0.39, 0.29) is 29.5 Å². The summed E-state index contributed by atoms with van der Waals surface area (Å²) in [5, 5.41) is 3.73. The predicted octanol–water partition coefficient (Wildman–Crippen LogP) is 5.56. The summed E-state index contributed by atoms with van der Waals surface area (Å²) in [6, 6.07) is 14.3. The SMILES string of the molecule is Cc1ccc(C)c(C(=O)CSc2nc3cc(C(=O)NCc4ccco4)ccc3c(=O)n2CCC(C)C)c1. The number of Topliss-reactive ketones (excluding diaryl/α,β-unsaturated/α-hetero) is 1. The van der Waals surface area contributed by atoms with Gasteiger partial charge in [-0.1, -0.05) is 43.3 Å². The molecule has 1 N–H and O–H groups in total. The highest BCUT2D eigenvalue weighted by atomic mass is 32.2. The van der Waals surface area contributed by atoms with E-state index >= 15 is 0 Å². The molecule has 4 rings (SSSR count). The molecule has 0 bridgehead atoms. The average Bonchev–Trinajstić information content (AvgIpc) is 3.40. The molecule has 0 aliphatic heterocycles. The van der Waals surface area contributed by atoms with Gasteiger partial charge in [0, 0.05) is 17.7 Å². The summed E-state index contributed by atoms with van der Waals surface area (Å²) in [6.07, 6.45) is 2.36. The molecule has 0 saturated carbocycles. The van der Waals surface area contributed by atoms with Crippen molar-refractivity contribution in [2.75, 3.05) is 5.75 Å². The lowest BCUT2D eigenvalue weighted by atomic mass is 10.0. The Hall–Kier alpha value is -3.65. The van der Waals surface area contributed by atoms with E-state index in [4.69, 9.17) is 9.40 Å². The first-order valence-electron chi connectivity index (χ1n) is 12.3. The minimum atomic E-state index is -0.289. The van der Waals surface area contributed by atoms with Gasteiger partial charge in [0.1, 0.15) is 5.76 Å². The number of fused-ring (bicyclic) bond motifs is 1. The molecule has 0 atom stereocenters. The molecular formula is C29H31N3O4S. The Morgan fingerprint density at radius 2 is 1.92 bits per heavy atom. The maximum absolute atomic E-state index is 13.4. The third-order valence-corrected chi connectivity index (χ3v) is 7.12. The molecule has 4 aromatic rings. The lowest BCUT2D eigenvalue weighted by Crippen LogP contribution is -2.25. The van der Waals surface area contributed by atoms with Gasteiger partial charge in [-0.2, -0.15) is 0 Å². The van der Waals surface area contributed by atoms with Crippen LogP contribution >= 0.6 is 11.8 Å². The van der Waals surface area contributed by atoms with Crippen LogP contribution in [0, 0.1) is 19.8 Å². The molecular weight excluding hydrogens is 486 g/mol. The Labute approximate surface area is 220 Å². The van der Waals surface area contributed by atoms with Gasteiger partial charge >= 0.3 is 0 Å². The summed E-state index contributed by atoms with van der Waals surface area (Å²) in [6.45, 7) is 8.84. The fourth-order valence-corrected chi connectivity index (χ4v) is 4.87. The quantitative estimate of drug-likeness (QED) is 0.168. The van der Waals surface area contributed by atoms with Crippen LogP contribution in [0.3, 0.4) is 0 Å². The van der Waals surface area contributed by atoms with Crippen LogP contribution in [-0.2, 0) is 13.1 Å². The van der Waals surface area contributed by atoms with E-state index < -0.39 is 0 Å². The second-order valence-electron chi connectivity index (χ2n) is 9.56. The second-order valence-corrected chi connectivity index (χ2v) is 10.5. The van der Waals surface area contributed by atoms with Gasteiger partial charge in [0.05, 0.1) is 29.5 Å². The van der Waals surface area contributed by atoms with E-state index in [2.05, 4.69) is 19.2 Å². The van der Waals surface area contributed by atoms with E-state index in [1.165, 1.54) is 11.8 Å². The highest BCUT2D eigenvalue weighted by molar-refractivity contribution is 7.99. The number of rotatable bonds is 10. The van der Waals surface area contributed by atoms with Crippen LogP contribution in [0.1, 0.15) is 57.9 Å². The smallest absolute Gasteiger partial charge is 0.262 e. The van der Waals surface area contributed by atoms with E-state index in [1.54, 1.807) is 41.2 Å². The van der Waals surface area contributed by atoms with Crippen molar-refractivity contribution in [1.82, 2.24) is 14.9 Å². The second kappa shape index (κ2) is 11.6. The summed E-state index contributed by atoms with van der Waals surface area (Å²) in [5.41, 5.74) is 3.28. The molecule has 2 aromatic carbocycles. The topological polar surface area (TPSA) is 94.2 Å². The molecule has 0 saturated heterocycles. The fraction of sp³-hybridized carbons (Fsp3) is 0.310. The van der Waals surface area contributed by atoms with Crippen LogP contribution in [0.15, 0.2) is 69.2 Å². The summed E-state index contributed by atoms with van der Waals surface area (Å²) < 4.78 is 6.92. The third kappa shape index (κ3) is 6.38. The van der Waals surface area contributed by atoms with Crippen molar-refractivity contribution < 1.29 is 14.0 Å². The number of thioether (sulfide) groups is 1. The molecule has 0 aliphatic carbocycles. The van der Waals surface area contributed by atoms with Gasteiger partial charge in [-0.15, -0.1) is 0 Å². The molecule has 0 radical (unpaired) electrons. The first-order valence-corrected chi connectivity index (χ1v) is 13.3. The Morgan fingerprint density at radius 1 is 1.11 bits per heavy atom. The Bertz CT molecular complexity index is 1490. The van der Waals surface area contributed by atoms with Gasteiger partial charge in [0.15, 0.2) is 10.9 Å². The van der Waals surface area contributed by atoms with Crippen LogP contribution in [0.5, 0.6) is 0 Å². The van der Waals surface area contributed by atoms with Crippen molar-refractivity contribution in [3.63, 3.8) is 0 Å². The summed E-state index contributed by atoms with van der Waals surface area (Å²) in [4.78, 5) is 43.9. The van der Waals surface area contributed by atoms with Crippen LogP contribution in [0.25, 0.3) is 10.9 Å². The molecule has 0 fully saturated rings. The number of aryl methyl sites for hydroxylation is 2. The summed E-state index contributed by atoms with van der Waals surface area (Å²) in [7, 11) is 0. The van der Waals surface area contributed by atoms with Crippen molar-refractivity contribution in [2.24, 2.45) is 5.92 Å². The zero-order valence-corrected chi connectivity index (χ0v) is 22.4.